The number of hydrogen-bond donors (Lipinski definition) is 1. The third-order valence-electron chi connectivity index (χ3n) is 2.74. The fraction of sp³-hybridized carbons (Fsp3) is 0.0714. The minimum absolute atomic E-state index is 0.00751. The highest BCUT2D eigenvalue weighted by molar-refractivity contribution is 6.33. The van der Waals surface area contributed by atoms with Crippen LogP contribution in [-0.4, -0.2) is 12.9 Å². The van der Waals surface area contributed by atoms with Gasteiger partial charge in [-0.2, -0.15) is 0 Å². The van der Waals surface area contributed by atoms with Crippen molar-refractivity contribution in [2.45, 2.75) is 0 Å². The Labute approximate surface area is 118 Å². The Balaban J connectivity index is 2.50. The summed E-state index contributed by atoms with van der Waals surface area (Å²) in [5.74, 6) is -2.82. The molecule has 0 saturated carbocycles. The Morgan fingerprint density at radius 3 is 2.30 bits per heavy atom. The highest BCUT2D eigenvalue weighted by Crippen LogP contribution is 2.25. The molecule has 0 atom stereocenters. The van der Waals surface area contributed by atoms with Crippen LogP contribution in [0.4, 0.5) is 14.5 Å². The Hall–Kier alpha value is -2.14. The van der Waals surface area contributed by atoms with E-state index in [0.29, 0.717) is 0 Å². The molecule has 0 heterocycles. The maximum atomic E-state index is 13.8. The van der Waals surface area contributed by atoms with E-state index in [2.05, 4.69) is 0 Å². The molecule has 0 aromatic heterocycles. The van der Waals surface area contributed by atoms with E-state index in [1.165, 1.54) is 25.3 Å². The van der Waals surface area contributed by atoms with Gasteiger partial charge < -0.3 is 10.5 Å². The van der Waals surface area contributed by atoms with Crippen LogP contribution >= 0.6 is 11.6 Å². The van der Waals surface area contributed by atoms with Crippen LogP contribution in [0.1, 0.15) is 15.9 Å². The lowest BCUT2D eigenvalue weighted by atomic mass is 10.0. The second-order valence-electron chi connectivity index (χ2n) is 4.03. The molecule has 0 amide bonds. The molecule has 0 unspecified atom stereocenters. The Morgan fingerprint density at radius 2 is 1.80 bits per heavy atom. The van der Waals surface area contributed by atoms with Crippen LogP contribution in [-0.2, 0) is 0 Å². The van der Waals surface area contributed by atoms with Crippen molar-refractivity contribution in [2.24, 2.45) is 0 Å². The molecule has 0 saturated heterocycles. The zero-order valence-electron chi connectivity index (χ0n) is 10.4. The molecule has 2 aromatic carbocycles. The van der Waals surface area contributed by atoms with Gasteiger partial charge in [0, 0.05) is 17.7 Å². The van der Waals surface area contributed by atoms with Crippen molar-refractivity contribution >= 4 is 23.1 Å². The van der Waals surface area contributed by atoms with Gasteiger partial charge in [0.1, 0.15) is 17.4 Å². The lowest BCUT2D eigenvalue weighted by molar-refractivity contribution is 0.103. The molecular formula is C14H10ClF2NO2. The van der Waals surface area contributed by atoms with Crippen molar-refractivity contribution in [1.29, 1.82) is 0 Å². The normalized spacial score (nSPS) is 10.4. The summed E-state index contributed by atoms with van der Waals surface area (Å²) in [6, 6.07) is 5.90. The topological polar surface area (TPSA) is 52.3 Å². The second kappa shape index (κ2) is 5.46. The van der Waals surface area contributed by atoms with Crippen LogP contribution in [0, 0.1) is 11.6 Å². The molecule has 2 N–H and O–H groups in total. The standard InChI is InChI=1S/C14H10ClF2NO2/c1-20-8-5-10(16)13(11(17)6-8)14(19)7-2-3-12(18)9(15)4-7/h2-6H,18H2,1H3. The largest absolute Gasteiger partial charge is 0.497 e. The maximum absolute atomic E-state index is 13.8. The molecule has 0 aliphatic heterocycles. The van der Waals surface area contributed by atoms with E-state index in [9.17, 15) is 13.6 Å². The molecule has 6 heteroatoms. The SMILES string of the molecule is COc1cc(F)c(C(=O)c2ccc(N)c(Cl)c2)c(F)c1. The van der Waals surface area contributed by atoms with Gasteiger partial charge >= 0.3 is 0 Å². The summed E-state index contributed by atoms with van der Waals surface area (Å²) in [6.45, 7) is 0. The number of nitrogens with two attached hydrogens (primary N) is 1. The van der Waals surface area contributed by atoms with E-state index >= 15 is 0 Å². The number of hydrogen-bond acceptors (Lipinski definition) is 3. The van der Waals surface area contributed by atoms with E-state index in [1.807, 2.05) is 0 Å². The zero-order valence-corrected chi connectivity index (χ0v) is 11.2. The van der Waals surface area contributed by atoms with Gasteiger partial charge in [0.15, 0.2) is 5.78 Å². The molecule has 2 aromatic rings. The number of nitrogen functional groups attached to an aromatic ring is 1. The Kier molecular flexibility index (Phi) is 3.90. The molecule has 0 radical (unpaired) electrons. The minimum atomic E-state index is -1.00. The number of halogens is 3. The van der Waals surface area contributed by atoms with Gasteiger partial charge in [-0.15, -0.1) is 0 Å². The third-order valence-corrected chi connectivity index (χ3v) is 3.07. The van der Waals surface area contributed by atoms with Gasteiger partial charge in [0.05, 0.1) is 23.4 Å². The van der Waals surface area contributed by atoms with Crippen LogP contribution in [0.3, 0.4) is 0 Å². The smallest absolute Gasteiger partial charge is 0.198 e. The first-order valence-corrected chi connectivity index (χ1v) is 5.94. The quantitative estimate of drug-likeness (QED) is 0.697. The number of carbonyl (C=O) groups excluding carboxylic acids is 1. The average Bonchev–Trinajstić information content (AvgIpc) is 2.40. The van der Waals surface area contributed by atoms with Gasteiger partial charge in [0.25, 0.3) is 0 Å². The summed E-state index contributed by atoms with van der Waals surface area (Å²) in [7, 11) is 1.27. The maximum Gasteiger partial charge on any atom is 0.198 e. The van der Waals surface area contributed by atoms with Crippen molar-refractivity contribution in [2.75, 3.05) is 12.8 Å². The van der Waals surface area contributed by atoms with Gasteiger partial charge in [-0.05, 0) is 18.2 Å². The molecule has 0 bridgehead atoms. The fourth-order valence-corrected chi connectivity index (χ4v) is 1.88. The van der Waals surface area contributed by atoms with E-state index in [1.54, 1.807) is 0 Å². The van der Waals surface area contributed by atoms with Crippen molar-refractivity contribution in [3.8, 4) is 5.75 Å². The first-order valence-electron chi connectivity index (χ1n) is 5.56. The molecule has 2 rings (SSSR count). The van der Waals surface area contributed by atoms with Crippen LogP contribution in [0.2, 0.25) is 5.02 Å². The molecule has 20 heavy (non-hydrogen) atoms. The first-order chi connectivity index (χ1) is 9.43. The van der Waals surface area contributed by atoms with E-state index in [0.717, 1.165) is 12.1 Å². The van der Waals surface area contributed by atoms with E-state index in [-0.39, 0.29) is 22.0 Å². The minimum Gasteiger partial charge on any atom is -0.497 e. The summed E-state index contributed by atoms with van der Waals surface area (Å²) >= 11 is 5.79. The van der Waals surface area contributed by atoms with Crippen LogP contribution in [0.15, 0.2) is 30.3 Å². The van der Waals surface area contributed by atoms with Gasteiger partial charge in [-0.1, -0.05) is 11.6 Å². The number of ether oxygens (including phenoxy) is 1. The monoisotopic (exact) mass is 297 g/mol. The van der Waals surface area contributed by atoms with Gasteiger partial charge in [-0.3, -0.25) is 4.79 Å². The molecule has 0 spiro atoms. The van der Waals surface area contributed by atoms with Crippen LogP contribution < -0.4 is 10.5 Å². The second-order valence-corrected chi connectivity index (χ2v) is 4.44. The van der Waals surface area contributed by atoms with E-state index < -0.39 is 23.0 Å². The fourth-order valence-electron chi connectivity index (χ4n) is 1.70. The van der Waals surface area contributed by atoms with Crippen molar-refractivity contribution in [3.05, 3.63) is 58.1 Å². The lowest BCUT2D eigenvalue weighted by Gasteiger charge is -2.08. The molecule has 0 fully saturated rings. The van der Waals surface area contributed by atoms with Crippen molar-refractivity contribution < 1.29 is 18.3 Å². The summed E-state index contributed by atoms with van der Waals surface area (Å²) in [5, 5.41) is 0.144. The number of benzene rings is 2. The number of carbonyl (C=O) groups is 1. The first kappa shape index (κ1) is 14.3. The predicted octanol–water partition coefficient (Wildman–Crippen LogP) is 3.44. The molecule has 0 aliphatic rings. The third kappa shape index (κ3) is 2.58. The zero-order chi connectivity index (χ0) is 14.9. The highest BCUT2D eigenvalue weighted by atomic mass is 35.5. The van der Waals surface area contributed by atoms with Crippen molar-refractivity contribution in [3.63, 3.8) is 0 Å². The summed E-state index contributed by atoms with van der Waals surface area (Å²) in [6.07, 6.45) is 0. The van der Waals surface area contributed by atoms with Crippen LogP contribution in [0.5, 0.6) is 5.75 Å². The molecule has 0 aliphatic carbocycles. The number of rotatable bonds is 3. The van der Waals surface area contributed by atoms with Crippen molar-refractivity contribution in [1.82, 2.24) is 0 Å². The number of anilines is 1. The summed E-state index contributed by atoms with van der Waals surface area (Å²) in [4.78, 5) is 12.1. The number of ketones is 1. The molecular weight excluding hydrogens is 288 g/mol. The molecule has 3 nitrogen and oxygen atoms in total. The predicted molar refractivity (Wildman–Crippen MR) is 72.2 cm³/mol. The lowest BCUT2D eigenvalue weighted by Crippen LogP contribution is -2.08. The van der Waals surface area contributed by atoms with Crippen LogP contribution in [0.25, 0.3) is 0 Å². The van der Waals surface area contributed by atoms with Gasteiger partial charge in [-0.25, -0.2) is 8.78 Å². The highest BCUT2D eigenvalue weighted by Gasteiger charge is 2.21. The average molecular weight is 298 g/mol. The summed E-state index contributed by atoms with van der Waals surface area (Å²) in [5.41, 5.74) is 5.18. The Bertz CT molecular complexity index is 666. The summed E-state index contributed by atoms with van der Waals surface area (Å²) < 4.78 is 32.4. The molecule has 104 valence electrons. The van der Waals surface area contributed by atoms with Gasteiger partial charge in [0.2, 0.25) is 0 Å². The number of methoxy groups -OCH3 is 1. The van der Waals surface area contributed by atoms with E-state index in [4.69, 9.17) is 22.1 Å². The Morgan fingerprint density at radius 1 is 1.20 bits per heavy atom.